The summed E-state index contributed by atoms with van der Waals surface area (Å²) in [5.74, 6) is 2.15. The zero-order valence-corrected chi connectivity index (χ0v) is 19.0. The van der Waals surface area contributed by atoms with Crippen LogP contribution >= 0.6 is 0 Å². The molecule has 2 aliphatic rings. The van der Waals surface area contributed by atoms with E-state index in [2.05, 4.69) is 6.92 Å². The summed E-state index contributed by atoms with van der Waals surface area (Å²) in [5, 5.41) is 1.07. The summed E-state index contributed by atoms with van der Waals surface area (Å²) in [6.07, 6.45) is 15.1. The van der Waals surface area contributed by atoms with E-state index in [1.54, 1.807) is 6.07 Å². The van der Waals surface area contributed by atoms with Gasteiger partial charge < -0.3 is 4.74 Å². The van der Waals surface area contributed by atoms with E-state index < -0.39 is 5.82 Å². The van der Waals surface area contributed by atoms with Crippen molar-refractivity contribution in [1.29, 1.82) is 0 Å². The van der Waals surface area contributed by atoms with Gasteiger partial charge in [0.1, 0.15) is 12.4 Å². The van der Waals surface area contributed by atoms with Crippen molar-refractivity contribution in [3.63, 3.8) is 0 Å². The summed E-state index contributed by atoms with van der Waals surface area (Å²) >= 11 is 0. The van der Waals surface area contributed by atoms with Crippen LogP contribution in [0.15, 0.2) is 36.4 Å². The highest BCUT2D eigenvalue weighted by Gasteiger charge is 2.36. The van der Waals surface area contributed by atoms with Crippen LogP contribution in [0, 0.1) is 29.4 Å². The standard InChI is InChI=1S/C28H36F2O/c1-3-5-7-19-8-9-21-16-22(11-10-20(21)15-19)24-13-12-23-17-27(31-14-6-4-2)26(29)18-25(23)28(24)30/h4,6,12-13,17-22H,3,5,7-11,14-16H2,1-2H3. The Morgan fingerprint density at radius 1 is 1.03 bits per heavy atom. The minimum Gasteiger partial charge on any atom is -0.486 e. The van der Waals surface area contributed by atoms with Gasteiger partial charge in [0.2, 0.25) is 0 Å². The SMILES string of the molecule is CC=CCOc1cc2ccc(C3CCC4CC(CCCC)CCC4C3)c(F)c2cc1F. The van der Waals surface area contributed by atoms with Crippen molar-refractivity contribution in [2.75, 3.05) is 6.61 Å². The molecule has 4 unspecified atom stereocenters. The molecule has 3 heteroatoms. The van der Waals surface area contributed by atoms with E-state index in [0.29, 0.717) is 17.4 Å². The summed E-state index contributed by atoms with van der Waals surface area (Å²) in [6.45, 7) is 4.48. The first-order valence-corrected chi connectivity index (χ1v) is 12.3. The van der Waals surface area contributed by atoms with Crippen LogP contribution in [0.2, 0.25) is 0 Å². The van der Waals surface area contributed by atoms with E-state index in [1.165, 1.54) is 51.0 Å². The van der Waals surface area contributed by atoms with Crippen molar-refractivity contribution in [2.24, 2.45) is 17.8 Å². The Balaban J connectivity index is 1.49. The molecule has 4 rings (SSSR count). The molecule has 2 fully saturated rings. The first-order chi connectivity index (χ1) is 15.1. The van der Waals surface area contributed by atoms with Crippen LogP contribution in [0.4, 0.5) is 8.78 Å². The second kappa shape index (κ2) is 10.1. The van der Waals surface area contributed by atoms with E-state index in [1.807, 2.05) is 31.2 Å². The molecule has 0 N–H and O–H groups in total. The minimum atomic E-state index is -0.498. The predicted molar refractivity (Wildman–Crippen MR) is 125 cm³/mol. The molecule has 1 nitrogen and oxygen atoms in total. The van der Waals surface area contributed by atoms with Crippen molar-refractivity contribution in [2.45, 2.75) is 77.6 Å². The van der Waals surface area contributed by atoms with Gasteiger partial charge in [0.25, 0.3) is 0 Å². The van der Waals surface area contributed by atoms with E-state index in [0.717, 1.165) is 36.2 Å². The Labute approximate surface area is 185 Å². The molecule has 0 aliphatic heterocycles. The molecule has 0 bridgehead atoms. The van der Waals surface area contributed by atoms with Crippen molar-refractivity contribution < 1.29 is 13.5 Å². The van der Waals surface area contributed by atoms with Gasteiger partial charge in [-0.25, -0.2) is 8.78 Å². The van der Waals surface area contributed by atoms with Gasteiger partial charge >= 0.3 is 0 Å². The summed E-state index contributed by atoms with van der Waals surface area (Å²) in [5.41, 5.74) is 0.779. The van der Waals surface area contributed by atoms with Crippen LogP contribution in [0.25, 0.3) is 10.8 Å². The van der Waals surface area contributed by atoms with Crippen molar-refractivity contribution >= 4 is 10.8 Å². The van der Waals surface area contributed by atoms with E-state index in [-0.39, 0.29) is 17.5 Å². The first-order valence-electron chi connectivity index (χ1n) is 12.3. The third-order valence-electron chi connectivity index (χ3n) is 7.73. The predicted octanol–water partition coefficient (Wildman–Crippen LogP) is 8.56. The average Bonchev–Trinajstić information content (AvgIpc) is 2.78. The monoisotopic (exact) mass is 426 g/mol. The van der Waals surface area contributed by atoms with Crippen LogP contribution in [0.5, 0.6) is 5.75 Å². The number of ether oxygens (including phenoxy) is 1. The van der Waals surface area contributed by atoms with Gasteiger partial charge in [0.05, 0.1) is 0 Å². The van der Waals surface area contributed by atoms with Gasteiger partial charge in [0.15, 0.2) is 11.6 Å². The number of benzene rings is 2. The lowest BCUT2D eigenvalue weighted by Crippen LogP contribution is -2.30. The van der Waals surface area contributed by atoms with Crippen molar-refractivity contribution in [1.82, 2.24) is 0 Å². The molecule has 0 radical (unpaired) electrons. The van der Waals surface area contributed by atoms with Crippen LogP contribution in [0.1, 0.15) is 83.1 Å². The molecule has 2 aromatic carbocycles. The Bertz CT molecular complexity index is 919. The van der Waals surface area contributed by atoms with Crippen LogP contribution in [-0.4, -0.2) is 6.61 Å². The fourth-order valence-corrected chi connectivity index (χ4v) is 5.99. The van der Waals surface area contributed by atoms with Crippen molar-refractivity contribution in [3.05, 3.63) is 53.6 Å². The molecule has 2 saturated carbocycles. The van der Waals surface area contributed by atoms with Gasteiger partial charge in [-0.2, -0.15) is 0 Å². The lowest BCUT2D eigenvalue weighted by atomic mass is 9.63. The second-order valence-corrected chi connectivity index (χ2v) is 9.70. The average molecular weight is 427 g/mol. The number of fused-ring (bicyclic) bond motifs is 2. The van der Waals surface area contributed by atoms with Gasteiger partial charge in [-0.15, -0.1) is 0 Å². The lowest BCUT2D eigenvalue weighted by molar-refractivity contribution is 0.113. The third kappa shape index (κ3) is 4.96. The Kier molecular flexibility index (Phi) is 7.30. The molecule has 0 amide bonds. The zero-order chi connectivity index (χ0) is 21.8. The molecule has 4 atom stereocenters. The molecule has 0 heterocycles. The van der Waals surface area contributed by atoms with E-state index in [9.17, 15) is 4.39 Å². The summed E-state index contributed by atoms with van der Waals surface area (Å²) < 4.78 is 35.5. The maximum Gasteiger partial charge on any atom is 0.165 e. The fourth-order valence-electron chi connectivity index (χ4n) is 5.99. The van der Waals surface area contributed by atoms with Crippen LogP contribution in [0.3, 0.4) is 0 Å². The molecule has 2 aromatic rings. The Morgan fingerprint density at radius 2 is 1.84 bits per heavy atom. The largest absolute Gasteiger partial charge is 0.486 e. The molecule has 0 aromatic heterocycles. The number of hydrogen-bond donors (Lipinski definition) is 0. The molecular weight excluding hydrogens is 390 g/mol. The lowest BCUT2D eigenvalue weighted by Gasteiger charge is -2.42. The summed E-state index contributed by atoms with van der Waals surface area (Å²) in [6, 6.07) is 6.80. The second-order valence-electron chi connectivity index (χ2n) is 9.70. The maximum absolute atomic E-state index is 15.5. The molecule has 168 valence electrons. The topological polar surface area (TPSA) is 9.23 Å². The van der Waals surface area contributed by atoms with Crippen molar-refractivity contribution in [3.8, 4) is 5.75 Å². The quantitative estimate of drug-likeness (QED) is 0.403. The number of allylic oxidation sites excluding steroid dienone is 1. The van der Waals surface area contributed by atoms with E-state index in [4.69, 9.17) is 4.74 Å². The minimum absolute atomic E-state index is 0.179. The smallest absolute Gasteiger partial charge is 0.165 e. The first kappa shape index (κ1) is 22.3. The Hall–Kier alpha value is -1.90. The van der Waals surface area contributed by atoms with E-state index >= 15 is 4.39 Å². The van der Waals surface area contributed by atoms with Crippen LogP contribution < -0.4 is 4.74 Å². The highest BCUT2D eigenvalue weighted by molar-refractivity contribution is 5.85. The fraction of sp³-hybridized carbons (Fsp3) is 0.571. The molecular formula is C28H36F2O. The highest BCUT2D eigenvalue weighted by atomic mass is 19.1. The number of unbranched alkanes of at least 4 members (excludes halogenated alkanes) is 1. The Morgan fingerprint density at radius 3 is 2.65 bits per heavy atom. The van der Waals surface area contributed by atoms with Gasteiger partial charge in [0, 0.05) is 5.39 Å². The normalized spacial score (nSPS) is 26.3. The molecule has 0 spiro atoms. The van der Waals surface area contributed by atoms with Gasteiger partial charge in [-0.1, -0.05) is 56.9 Å². The summed E-state index contributed by atoms with van der Waals surface area (Å²) in [4.78, 5) is 0. The third-order valence-corrected chi connectivity index (χ3v) is 7.73. The number of halogens is 2. The van der Waals surface area contributed by atoms with Gasteiger partial charge in [-0.3, -0.25) is 0 Å². The molecule has 0 saturated heterocycles. The number of rotatable bonds is 7. The van der Waals surface area contributed by atoms with Gasteiger partial charge in [-0.05, 0) is 85.8 Å². The zero-order valence-electron chi connectivity index (χ0n) is 19.0. The van der Waals surface area contributed by atoms with Crippen LogP contribution in [-0.2, 0) is 0 Å². The molecule has 31 heavy (non-hydrogen) atoms. The number of hydrogen-bond acceptors (Lipinski definition) is 1. The highest BCUT2D eigenvalue weighted by Crippen LogP contribution is 2.49. The maximum atomic E-state index is 15.5. The molecule has 2 aliphatic carbocycles. The summed E-state index contributed by atoms with van der Waals surface area (Å²) in [7, 11) is 0.